The first-order valence-corrected chi connectivity index (χ1v) is 3.10. The van der Waals surface area contributed by atoms with Crippen molar-refractivity contribution in [1.82, 2.24) is 0 Å². The number of ether oxygens (including phenoxy) is 1. The topological polar surface area (TPSA) is 26.3 Å². The summed E-state index contributed by atoms with van der Waals surface area (Å²) in [5.41, 5.74) is -0.210. The predicted molar refractivity (Wildman–Crippen MR) is 40.3 cm³/mol. The summed E-state index contributed by atoms with van der Waals surface area (Å²) in [6.45, 7) is 11.1. The van der Waals surface area contributed by atoms with Crippen LogP contribution in [0.3, 0.4) is 0 Å². The van der Waals surface area contributed by atoms with Crippen LogP contribution in [0.1, 0.15) is 13.8 Å². The third-order valence-electron chi connectivity index (χ3n) is 0.772. The van der Waals surface area contributed by atoms with Gasteiger partial charge in [-0.2, -0.15) is 0 Å². The molecule has 0 spiro atoms. The molecular weight excluding hydrogens is 395 g/mol. The minimum Gasteiger partial charge on any atom is -0.465 e. The molecule has 0 N–H and O–H groups in total. The van der Waals surface area contributed by atoms with E-state index < -0.39 is 5.97 Å². The van der Waals surface area contributed by atoms with Crippen LogP contribution in [0.2, 0.25) is 0 Å². The molecule has 0 rings (SSSR count). The summed E-state index contributed by atoms with van der Waals surface area (Å²) in [5, 5.41) is 0. The molecule has 0 aromatic rings. The Balaban J connectivity index is 0. The third-order valence-corrected chi connectivity index (χ3v) is 0.772. The average molecular weight is 408 g/mol. The van der Waals surface area contributed by atoms with Crippen LogP contribution in [0.15, 0.2) is 12.7 Å². The van der Waals surface area contributed by atoms with Crippen molar-refractivity contribution in [3.63, 3.8) is 0 Å². The molecular formula is C8H13O2Rf-. The number of hydrogen-bond acceptors (Lipinski definition) is 2. The van der Waals surface area contributed by atoms with Gasteiger partial charge in [0.1, 0.15) is 0 Å². The standard InChI is InChI=1S/C8H13O2.Rf/c1-5-7(9)10-6-8(2,3)4;/h5H,1-2,6H2,3-4H3;/q-1;. The van der Waals surface area contributed by atoms with Crippen molar-refractivity contribution in [2.24, 2.45) is 5.41 Å². The fourth-order valence-electron chi connectivity index (χ4n) is 0.325. The average Bonchev–Trinajstić information content (AvgIpc) is 1.81. The monoisotopic (exact) mass is 408 g/mol. The van der Waals surface area contributed by atoms with Crippen molar-refractivity contribution in [2.45, 2.75) is 13.8 Å². The SMILES string of the molecule is C=CC(=O)OCC([CH2-])(C)C.[Rf]. The second-order valence-electron chi connectivity index (χ2n) is 2.98. The summed E-state index contributed by atoms with van der Waals surface area (Å²) in [7, 11) is 0. The molecule has 0 fully saturated rings. The Morgan fingerprint density at radius 1 is 1.73 bits per heavy atom. The smallest absolute Gasteiger partial charge is 0.330 e. The van der Waals surface area contributed by atoms with Crippen LogP contribution in [-0.2, 0) is 9.53 Å². The molecule has 0 aliphatic rings. The van der Waals surface area contributed by atoms with Gasteiger partial charge in [0.2, 0.25) is 0 Å². The first-order valence-electron chi connectivity index (χ1n) is 3.10. The molecule has 0 aromatic heterocycles. The maximum atomic E-state index is 10.5. The van der Waals surface area contributed by atoms with Gasteiger partial charge in [0.15, 0.2) is 0 Å². The molecule has 60 valence electrons. The molecule has 0 saturated heterocycles. The zero-order valence-electron chi connectivity index (χ0n) is 7.22. The van der Waals surface area contributed by atoms with E-state index in [1.54, 1.807) is 0 Å². The van der Waals surface area contributed by atoms with E-state index in [1.807, 2.05) is 13.8 Å². The van der Waals surface area contributed by atoms with Gasteiger partial charge in [0.05, 0.1) is 6.61 Å². The molecule has 11 heavy (non-hydrogen) atoms. The van der Waals surface area contributed by atoms with Crippen LogP contribution < -0.4 is 0 Å². The second-order valence-corrected chi connectivity index (χ2v) is 2.98. The first-order chi connectivity index (χ1) is 4.45. The van der Waals surface area contributed by atoms with E-state index in [-0.39, 0.29) is 5.41 Å². The largest absolute Gasteiger partial charge is 0.465 e. The molecule has 0 aromatic carbocycles. The van der Waals surface area contributed by atoms with Crippen LogP contribution in [0.4, 0.5) is 0 Å². The van der Waals surface area contributed by atoms with Gasteiger partial charge in [0.25, 0.3) is 0 Å². The van der Waals surface area contributed by atoms with Crippen molar-refractivity contribution in [1.29, 1.82) is 0 Å². The Morgan fingerprint density at radius 2 is 2.18 bits per heavy atom. The Morgan fingerprint density at radius 3 is 2.45 bits per heavy atom. The maximum Gasteiger partial charge on any atom is 0.330 e. The number of rotatable bonds is 3. The summed E-state index contributed by atoms with van der Waals surface area (Å²) in [6, 6.07) is 0. The van der Waals surface area contributed by atoms with Gasteiger partial charge >= 0.3 is 5.97 Å². The number of carbonyl (C=O) groups excluding carboxylic acids is 1. The molecule has 0 aliphatic heterocycles. The molecule has 0 aliphatic carbocycles. The van der Waals surface area contributed by atoms with Crippen molar-refractivity contribution >= 4 is 5.97 Å². The Kier molecular flexibility index (Phi) is 4.44. The molecule has 0 bridgehead atoms. The van der Waals surface area contributed by atoms with Crippen LogP contribution in [0.5, 0.6) is 0 Å². The van der Waals surface area contributed by atoms with Crippen molar-refractivity contribution in [2.75, 3.05) is 6.61 Å². The van der Waals surface area contributed by atoms with Gasteiger partial charge in [-0.15, -0.1) is 5.41 Å². The third kappa shape index (κ3) is 8.21. The zero-order chi connectivity index (χ0) is 8.20. The van der Waals surface area contributed by atoms with Gasteiger partial charge in [-0.05, 0) is 0 Å². The van der Waals surface area contributed by atoms with Gasteiger partial charge in [-0.25, -0.2) is 4.79 Å². The number of esters is 1. The summed E-state index contributed by atoms with van der Waals surface area (Å²) in [6.07, 6.45) is 1.14. The van der Waals surface area contributed by atoms with E-state index in [1.165, 1.54) is 0 Å². The van der Waals surface area contributed by atoms with E-state index in [0.717, 1.165) is 6.08 Å². The Bertz CT molecular complexity index is 136. The number of carbonyl (C=O) groups is 1. The summed E-state index contributed by atoms with van der Waals surface area (Å²) in [4.78, 5) is 10.5. The molecule has 0 heterocycles. The van der Waals surface area contributed by atoms with E-state index in [2.05, 4.69) is 13.5 Å². The molecule has 0 atom stereocenters. The van der Waals surface area contributed by atoms with Crippen LogP contribution in [0.25, 0.3) is 0 Å². The van der Waals surface area contributed by atoms with Crippen LogP contribution >= 0.6 is 0 Å². The van der Waals surface area contributed by atoms with Crippen molar-refractivity contribution < 1.29 is 9.53 Å². The number of hydrogen-bond donors (Lipinski definition) is 0. The van der Waals surface area contributed by atoms with E-state index in [4.69, 9.17) is 4.74 Å². The summed E-state index contributed by atoms with van der Waals surface area (Å²) >= 11 is 0. The van der Waals surface area contributed by atoms with Gasteiger partial charge in [-0.1, -0.05) is 20.4 Å². The minimum absolute atomic E-state index is 0. The van der Waals surface area contributed by atoms with Gasteiger partial charge in [-0.3, -0.25) is 0 Å². The quantitative estimate of drug-likeness (QED) is 0.403. The fraction of sp³-hybridized carbons (Fsp3) is 0.500. The molecule has 0 radical (unpaired) electrons. The van der Waals surface area contributed by atoms with Crippen molar-refractivity contribution in [3.05, 3.63) is 19.6 Å². The normalized spacial score (nSPS) is 9.73. The molecule has 0 saturated carbocycles. The second kappa shape index (κ2) is 4.09. The zero-order valence-corrected chi connectivity index (χ0v) is 13.6. The maximum absolute atomic E-state index is 10.5. The van der Waals surface area contributed by atoms with E-state index in [0.29, 0.717) is 6.61 Å². The van der Waals surface area contributed by atoms with Gasteiger partial charge in [0, 0.05) is 6.08 Å². The summed E-state index contributed by atoms with van der Waals surface area (Å²) < 4.78 is 4.74. The molecule has 0 unspecified atom stereocenters. The van der Waals surface area contributed by atoms with Gasteiger partial charge < -0.3 is 11.7 Å². The summed E-state index contributed by atoms with van der Waals surface area (Å²) in [5.74, 6) is -0.392. The first kappa shape index (κ1) is 11.9. The van der Waals surface area contributed by atoms with E-state index in [9.17, 15) is 4.79 Å². The Labute approximate surface area is 61.9 Å². The molecule has 2 nitrogen and oxygen atoms in total. The van der Waals surface area contributed by atoms with E-state index >= 15 is 0 Å². The van der Waals surface area contributed by atoms with Crippen LogP contribution in [0, 0.1) is 12.3 Å². The Hall–Kier alpha value is -1.79. The molecule has 0 amide bonds. The fourth-order valence-corrected chi connectivity index (χ4v) is 0.325. The molecule has 3 heteroatoms. The predicted octanol–water partition coefficient (Wildman–Crippen LogP) is 1.58. The van der Waals surface area contributed by atoms with Crippen molar-refractivity contribution in [3.8, 4) is 0 Å². The van der Waals surface area contributed by atoms with Crippen LogP contribution in [-0.4, -0.2) is 12.6 Å². The minimum atomic E-state index is -0.392.